The van der Waals surface area contributed by atoms with Crippen molar-refractivity contribution < 1.29 is 0 Å². The SMILES string of the molecule is CC(C)P(C(C)C)C1CC2CCC1C2. The zero-order chi connectivity index (χ0) is 10.3. The second-order valence-corrected chi connectivity index (χ2v) is 9.50. The Morgan fingerprint density at radius 2 is 1.57 bits per heavy atom. The molecule has 1 heteroatoms. The first-order chi connectivity index (χ1) is 6.59. The quantitative estimate of drug-likeness (QED) is 0.605. The van der Waals surface area contributed by atoms with Crippen molar-refractivity contribution in [1.29, 1.82) is 0 Å². The van der Waals surface area contributed by atoms with Crippen LogP contribution in [0.15, 0.2) is 0 Å². The first-order valence-electron chi connectivity index (χ1n) is 6.37. The maximum atomic E-state index is 2.46. The van der Waals surface area contributed by atoms with Gasteiger partial charge in [-0.1, -0.05) is 42.0 Å². The zero-order valence-electron chi connectivity index (χ0n) is 10.2. The van der Waals surface area contributed by atoms with Crippen LogP contribution in [-0.2, 0) is 0 Å². The summed E-state index contributed by atoms with van der Waals surface area (Å²) in [5.41, 5.74) is 3.05. The highest BCUT2D eigenvalue weighted by molar-refractivity contribution is 7.59. The summed E-state index contributed by atoms with van der Waals surface area (Å²) in [5, 5.41) is 0. The predicted octanol–water partition coefficient (Wildman–Crippen LogP) is 4.47. The van der Waals surface area contributed by atoms with E-state index < -0.39 is 0 Å². The molecule has 0 saturated heterocycles. The third kappa shape index (κ3) is 1.87. The molecular weight excluding hydrogens is 187 g/mol. The summed E-state index contributed by atoms with van der Waals surface area (Å²) in [4.78, 5) is 0. The maximum absolute atomic E-state index is 2.46. The smallest absolute Gasteiger partial charge is 0.0173 e. The molecule has 0 aromatic heterocycles. The monoisotopic (exact) mass is 212 g/mol. The highest BCUT2D eigenvalue weighted by atomic mass is 31.1. The molecule has 0 aromatic rings. The third-order valence-corrected chi connectivity index (χ3v) is 8.06. The number of rotatable bonds is 3. The van der Waals surface area contributed by atoms with E-state index >= 15 is 0 Å². The normalized spacial score (nSPS) is 36.6. The fourth-order valence-electron chi connectivity index (χ4n) is 3.94. The van der Waals surface area contributed by atoms with Crippen molar-refractivity contribution in [2.75, 3.05) is 0 Å². The summed E-state index contributed by atoms with van der Waals surface area (Å²) in [6.07, 6.45) is 6.30. The van der Waals surface area contributed by atoms with Crippen molar-refractivity contribution >= 4 is 7.92 Å². The van der Waals surface area contributed by atoms with E-state index in [1.807, 2.05) is 0 Å². The van der Waals surface area contributed by atoms with Gasteiger partial charge in [0, 0.05) is 0 Å². The number of hydrogen-bond acceptors (Lipinski definition) is 0. The first kappa shape index (κ1) is 10.9. The molecule has 0 N–H and O–H groups in total. The van der Waals surface area contributed by atoms with Crippen LogP contribution < -0.4 is 0 Å². The van der Waals surface area contributed by atoms with Crippen LogP contribution in [0.4, 0.5) is 0 Å². The molecule has 0 spiro atoms. The molecule has 2 aliphatic rings. The second-order valence-electron chi connectivity index (χ2n) is 5.88. The highest BCUT2D eigenvalue weighted by Gasteiger charge is 2.44. The van der Waals surface area contributed by atoms with Gasteiger partial charge in [0.2, 0.25) is 0 Å². The van der Waals surface area contributed by atoms with E-state index in [1.165, 1.54) is 0 Å². The van der Waals surface area contributed by atoms with Gasteiger partial charge in [-0.3, -0.25) is 0 Å². The van der Waals surface area contributed by atoms with Gasteiger partial charge in [0.25, 0.3) is 0 Å². The number of fused-ring (bicyclic) bond motifs is 2. The lowest BCUT2D eigenvalue weighted by molar-refractivity contribution is 0.484. The van der Waals surface area contributed by atoms with Crippen molar-refractivity contribution in [2.45, 2.75) is 70.4 Å². The Bertz CT molecular complexity index is 189. The molecule has 2 rings (SSSR count). The molecule has 3 unspecified atom stereocenters. The molecule has 2 aliphatic carbocycles. The summed E-state index contributed by atoms with van der Waals surface area (Å²) in [6, 6.07) is 0. The minimum absolute atomic E-state index is 0.305. The van der Waals surface area contributed by atoms with Crippen LogP contribution in [0, 0.1) is 11.8 Å². The number of hydrogen-bond donors (Lipinski definition) is 0. The molecule has 0 radical (unpaired) electrons. The van der Waals surface area contributed by atoms with Crippen molar-refractivity contribution in [3.63, 3.8) is 0 Å². The molecule has 2 fully saturated rings. The van der Waals surface area contributed by atoms with Crippen molar-refractivity contribution in [1.82, 2.24) is 0 Å². The predicted molar refractivity (Wildman–Crippen MR) is 66.4 cm³/mol. The van der Waals surface area contributed by atoms with Crippen LogP contribution in [0.2, 0.25) is 0 Å². The Labute approximate surface area is 90.6 Å². The average Bonchev–Trinajstić information content (AvgIpc) is 2.63. The topological polar surface area (TPSA) is 0 Å². The van der Waals surface area contributed by atoms with Crippen molar-refractivity contribution in [3.8, 4) is 0 Å². The van der Waals surface area contributed by atoms with E-state index in [4.69, 9.17) is 0 Å². The fraction of sp³-hybridized carbons (Fsp3) is 1.00. The van der Waals surface area contributed by atoms with E-state index in [0.717, 1.165) is 28.8 Å². The van der Waals surface area contributed by atoms with Gasteiger partial charge in [-0.05, 0) is 48.1 Å². The molecule has 0 nitrogen and oxygen atoms in total. The average molecular weight is 212 g/mol. The minimum Gasteiger partial charge on any atom is -0.0980 e. The summed E-state index contributed by atoms with van der Waals surface area (Å²) >= 11 is 0. The van der Waals surface area contributed by atoms with Gasteiger partial charge >= 0.3 is 0 Å². The summed E-state index contributed by atoms with van der Waals surface area (Å²) in [7, 11) is 0.305. The maximum Gasteiger partial charge on any atom is -0.0173 e. The molecular formula is C13H25P. The Kier molecular flexibility index (Phi) is 3.22. The largest absolute Gasteiger partial charge is 0.0980 e. The van der Waals surface area contributed by atoms with Crippen LogP contribution >= 0.6 is 7.92 Å². The van der Waals surface area contributed by atoms with Crippen LogP contribution in [-0.4, -0.2) is 17.0 Å². The molecule has 0 heterocycles. The van der Waals surface area contributed by atoms with E-state index in [9.17, 15) is 0 Å². The molecule has 14 heavy (non-hydrogen) atoms. The van der Waals surface area contributed by atoms with Crippen LogP contribution in [0.3, 0.4) is 0 Å². The Morgan fingerprint density at radius 3 is 1.93 bits per heavy atom. The Balaban J connectivity index is 2.05. The second kappa shape index (κ2) is 4.12. The van der Waals surface area contributed by atoms with Crippen LogP contribution in [0.5, 0.6) is 0 Å². The van der Waals surface area contributed by atoms with E-state index in [1.54, 1.807) is 25.7 Å². The third-order valence-electron chi connectivity index (χ3n) is 4.28. The molecule has 2 saturated carbocycles. The Hall–Kier alpha value is 0.430. The van der Waals surface area contributed by atoms with Gasteiger partial charge in [-0.25, -0.2) is 0 Å². The minimum atomic E-state index is 0.305. The Morgan fingerprint density at radius 1 is 0.929 bits per heavy atom. The van der Waals surface area contributed by atoms with Crippen molar-refractivity contribution in [3.05, 3.63) is 0 Å². The molecule has 0 amide bonds. The van der Waals surface area contributed by atoms with Gasteiger partial charge in [0.1, 0.15) is 0 Å². The highest BCUT2D eigenvalue weighted by Crippen LogP contribution is 2.62. The summed E-state index contributed by atoms with van der Waals surface area (Å²) in [6.45, 7) is 9.82. The standard InChI is InChI=1S/C13H25P/c1-9(2)14(10(3)4)13-8-11-5-6-12(13)7-11/h9-13H,5-8H2,1-4H3. The lowest BCUT2D eigenvalue weighted by Gasteiger charge is -2.36. The molecule has 2 bridgehead atoms. The summed E-state index contributed by atoms with van der Waals surface area (Å²) in [5.74, 6) is 2.27. The lowest BCUT2D eigenvalue weighted by Crippen LogP contribution is -2.22. The molecule has 0 aliphatic heterocycles. The fourth-order valence-corrected chi connectivity index (χ4v) is 7.96. The molecule has 82 valence electrons. The molecule has 3 atom stereocenters. The van der Waals surface area contributed by atoms with Gasteiger partial charge in [0.05, 0.1) is 0 Å². The summed E-state index contributed by atoms with van der Waals surface area (Å²) < 4.78 is 0. The zero-order valence-corrected chi connectivity index (χ0v) is 11.1. The van der Waals surface area contributed by atoms with Crippen LogP contribution in [0.25, 0.3) is 0 Å². The van der Waals surface area contributed by atoms with Gasteiger partial charge in [-0.15, -0.1) is 0 Å². The lowest BCUT2D eigenvalue weighted by atomic mass is 10.0. The van der Waals surface area contributed by atoms with E-state index in [2.05, 4.69) is 27.7 Å². The van der Waals surface area contributed by atoms with E-state index in [0.29, 0.717) is 7.92 Å². The van der Waals surface area contributed by atoms with E-state index in [-0.39, 0.29) is 0 Å². The van der Waals surface area contributed by atoms with Gasteiger partial charge in [0.15, 0.2) is 0 Å². The van der Waals surface area contributed by atoms with Gasteiger partial charge in [-0.2, -0.15) is 0 Å². The molecule has 0 aromatic carbocycles. The first-order valence-corrected chi connectivity index (χ1v) is 7.92. The van der Waals surface area contributed by atoms with Crippen molar-refractivity contribution in [2.24, 2.45) is 11.8 Å². The van der Waals surface area contributed by atoms with Crippen LogP contribution in [0.1, 0.15) is 53.4 Å². The van der Waals surface area contributed by atoms with Gasteiger partial charge < -0.3 is 0 Å².